The number of aromatic nitrogens is 12. The van der Waals surface area contributed by atoms with Gasteiger partial charge in [-0.1, -0.05) is 24.3 Å². The SMILES string of the molecule is Cc1cc(C(=O)NCc2ncc(F)c(N3CCOCC3)n2)ncc1Nc1cccc(C(F)(F)F)c1.Cc1cc(Nc2cccc(C(F)(F)F)c2)cnc1C(=O)NCc1ncc(F)c(N2CCOCC2)n1.O=C(NCc1ncc(F)c(N2CCOCC2)n1)c1cc(Br)c(Nc2cccc(C(F)(F)F)c2)cn1.O=C(NCc1ncc(F)c(N2CCOCC2)n1)c1ncc(Nc2cccc(C(F)(F)F)c2)cc1Br. The first-order chi connectivity index (χ1) is 66.8. The Bertz CT molecular complexity index is 6000. The highest BCUT2D eigenvalue weighted by Crippen LogP contribution is 2.38. The third-order valence-corrected chi connectivity index (χ3v) is 21.9. The molecule has 12 heterocycles. The smallest absolute Gasteiger partial charge is 0.378 e. The minimum atomic E-state index is -4.47. The number of amides is 4. The largest absolute Gasteiger partial charge is 0.416 e. The first kappa shape index (κ1) is 103. The predicted octanol–water partition coefficient (Wildman–Crippen LogP) is 16.3. The number of hydrogen-bond donors (Lipinski definition) is 8. The number of nitrogens with one attached hydrogen (secondary N) is 8. The summed E-state index contributed by atoms with van der Waals surface area (Å²) in [4.78, 5) is 106. The monoisotopic (exact) mass is 2090 g/mol. The van der Waals surface area contributed by atoms with Crippen molar-refractivity contribution in [2.45, 2.75) is 64.7 Å². The fraction of sp³-hybridized carbons (Fsp3) is 0.289. The van der Waals surface area contributed by atoms with E-state index in [1.165, 1.54) is 91.5 Å². The summed E-state index contributed by atoms with van der Waals surface area (Å²) >= 11 is 6.57. The zero-order valence-corrected chi connectivity index (χ0v) is 76.7. The van der Waals surface area contributed by atoms with Crippen molar-refractivity contribution in [1.29, 1.82) is 0 Å². The number of ether oxygens (including phenoxy) is 4. The molecule has 0 bridgehead atoms. The molecule has 32 nitrogen and oxygen atoms in total. The van der Waals surface area contributed by atoms with Crippen molar-refractivity contribution in [3.8, 4) is 0 Å². The van der Waals surface area contributed by atoms with E-state index >= 15 is 0 Å². The molecule has 8 N–H and O–H groups in total. The lowest BCUT2D eigenvalue weighted by Gasteiger charge is -2.28. The molecule has 4 amide bonds. The quantitative estimate of drug-likeness (QED) is 0.0260. The number of morpholine rings is 4. The van der Waals surface area contributed by atoms with Crippen LogP contribution in [-0.2, 0) is 69.8 Å². The van der Waals surface area contributed by atoms with Gasteiger partial charge in [-0.2, -0.15) is 52.7 Å². The molecule has 4 fully saturated rings. The molecule has 736 valence electrons. The van der Waals surface area contributed by atoms with Gasteiger partial charge in [-0.05, 0) is 154 Å². The van der Waals surface area contributed by atoms with E-state index in [-0.39, 0.29) is 118 Å². The second-order valence-corrected chi connectivity index (χ2v) is 32.4. The van der Waals surface area contributed by atoms with Gasteiger partial charge in [-0.25, -0.2) is 77.4 Å². The summed E-state index contributed by atoms with van der Waals surface area (Å²) in [5.41, 5.74) is 0.882. The zero-order chi connectivity index (χ0) is 100. The van der Waals surface area contributed by atoms with Crippen LogP contribution in [0.5, 0.6) is 0 Å². The van der Waals surface area contributed by atoms with Crippen LogP contribution >= 0.6 is 31.9 Å². The second-order valence-electron chi connectivity index (χ2n) is 30.7. The van der Waals surface area contributed by atoms with Gasteiger partial charge in [0, 0.05) is 79.6 Å². The number of alkyl halides is 12. The summed E-state index contributed by atoms with van der Waals surface area (Å²) in [6.07, 6.45) is -8.22. The van der Waals surface area contributed by atoms with Crippen LogP contribution < -0.4 is 62.1 Å². The molecule has 8 aromatic heterocycles. The summed E-state index contributed by atoms with van der Waals surface area (Å²) in [7, 11) is 0. The van der Waals surface area contributed by atoms with Gasteiger partial charge in [0.2, 0.25) is 0 Å². The van der Waals surface area contributed by atoms with Crippen molar-refractivity contribution in [2.75, 3.05) is 146 Å². The van der Waals surface area contributed by atoms with Gasteiger partial charge >= 0.3 is 24.7 Å². The third-order valence-electron chi connectivity index (χ3n) is 20.6. The fourth-order valence-electron chi connectivity index (χ4n) is 13.6. The van der Waals surface area contributed by atoms with Crippen LogP contribution in [0.3, 0.4) is 0 Å². The molecule has 0 aliphatic carbocycles. The standard InChI is InChI=1S/2C23H22F4N6O2.2C22H19BrF4N6O2/c1-14-9-18(28-12-19(14)31-16-4-2-3-15(10-16)23(25,26)27)22(34)30-13-20-29-11-17(24)21(32-20)33-5-7-35-8-6-33;1-14-9-17(31-16-4-2-3-15(10-16)23(25,26)27)11-29-20(14)22(34)30-13-19-28-12-18(24)21(32-19)33-5-7-35-8-6-33;23-15-9-17(28-11-18(15)31-14-3-1-2-13(8-14)22(25,26)27)21(34)30-12-19-29-10-16(24)20(32-19)33-4-6-35-7-5-33;23-16-9-15(31-14-3-1-2-13(8-14)22(25,26)27)10-29-19(16)21(34)30-12-18-28-11-17(24)20(32-18)33-4-6-35-7-5-33/h2*2-4,9-12,31H,5-8,13H2,1H3,(H,30,34);2*1-3,8-11,31H,4-7,12H2,(H,30,34). The lowest BCUT2D eigenvalue weighted by Crippen LogP contribution is -2.37. The van der Waals surface area contributed by atoms with Gasteiger partial charge in [0.25, 0.3) is 23.6 Å². The molecule has 4 aromatic carbocycles. The minimum absolute atomic E-state index is 0.0399. The summed E-state index contributed by atoms with van der Waals surface area (Å²) in [6, 6.07) is 25.1. The van der Waals surface area contributed by atoms with Crippen LogP contribution in [0, 0.1) is 37.1 Å². The normalized spacial score (nSPS) is 14.0. The fourth-order valence-corrected chi connectivity index (χ4v) is 14.6. The van der Waals surface area contributed by atoms with Gasteiger partial charge in [0.15, 0.2) is 46.5 Å². The minimum Gasteiger partial charge on any atom is -0.378 e. The summed E-state index contributed by atoms with van der Waals surface area (Å²) in [6.45, 7) is 10.9. The van der Waals surface area contributed by atoms with Gasteiger partial charge in [0.05, 0.1) is 178 Å². The molecule has 0 unspecified atom stereocenters. The summed E-state index contributed by atoms with van der Waals surface area (Å²) in [5, 5.41) is 22.0. The number of hydrogen-bond acceptors (Lipinski definition) is 28. The predicted molar refractivity (Wildman–Crippen MR) is 485 cm³/mol. The van der Waals surface area contributed by atoms with Crippen molar-refractivity contribution in [2.24, 2.45) is 0 Å². The number of carbonyl (C=O) groups excluding carboxylic acids is 4. The number of nitrogens with zero attached hydrogens (tertiary/aromatic N) is 16. The highest BCUT2D eigenvalue weighted by atomic mass is 79.9. The number of benzene rings is 4. The second kappa shape index (κ2) is 46.9. The van der Waals surface area contributed by atoms with E-state index < -0.39 is 93.9 Å². The molecule has 0 saturated carbocycles. The van der Waals surface area contributed by atoms with E-state index in [4.69, 9.17) is 18.9 Å². The number of rotatable bonds is 24. The molecule has 4 aliphatic rings. The Morgan fingerprint density at radius 3 is 0.921 bits per heavy atom. The van der Waals surface area contributed by atoms with Crippen molar-refractivity contribution >= 4 is 124 Å². The van der Waals surface area contributed by atoms with Crippen LogP contribution in [-0.4, -0.2) is 189 Å². The van der Waals surface area contributed by atoms with Gasteiger partial charge < -0.3 is 81.1 Å². The first-order valence-corrected chi connectivity index (χ1v) is 43.9. The Morgan fingerprint density at radius 2 is 0.607 bits per heavy atom. The number of carbonyl (C=O) groups is 4. The Morgan fingerprint density at radius 1 is 0.314 bits per heavy atom. The average molecular weight is 2090 g/mol. The molecule has 16 rings (SSSR count). The average Bonchev–Trinajstić information content (AvgIpc) is 0.827. The Hall–Kier alpha value is -14.2. The van der Waals surface area contributed by atoms with Crippen LogP contribution in [0.25, 0.3) is 0 Å². The highest BCUT2D eigenvalue weighted by Gasteiger charge is 2.35. The Labute approximate surface area is 803 Å². The molecule has 4 saturated heterocycles. The van der Waals surface area contributed by atoms with Crippen LogP contribution in [0.15, 0.2) is 180 Å². The number of anilines is 12. The van der Waals surface area contributed by atoms with Crippen molar-refractivity contribution in [3.05, 3.63) is 283 Å². The topological polar surface area (TPSA) is 369 Å². The van der Waals surface area contributed by atoms with Gasteiger partial charge in [0.1, 0.15) is 46.1 Å². The van der Waals surface area contributed by atoms with E-state index in [9.17, 15) is 89.4 Å². The van der Waals surface area contributed by atoms with Gasteiger partial charge in [-0.3, -0.25) is 19.2 Å². The van der Waals surface area contributed by atoms with E-state index in [2.05, 4.69) is 134 Å². The number of halogens is 18. The number of aryl methyl sites for hydroxylation is 2. The molecule has 50 heteroatoms. The molecule has 140 heavy (non-hydrogen) atoms. The molecular weight excluding hydrogens is 2010 g/mol. The van der Waals surface area contributed by atoms with Crippen LogP contribution in [0.4, 0.5) is 139 Å². The maximum absolute atomic E-state index is 14.2. The molecule has 0 radical (unpaired) electrons. The highest BCUT2D eigenvalue weighted by molar-refractivity contribution is 9.11. The molecule has 12 aromatic rings. The molecule has 0 atom stereocenters. The molecule has 0 spiro atoms. The Kier molecular flexibility index (Phi) is 34.6. The van der Waals surface area contributed by atoms with Crippen molar-refractivity contribution < 1.29 is 108 Å². The maximum atomic E-state index is 14.2. The van der Waals surface area contributed by atoms with Crippen molar-refractivity contribution in [1.82, 2.24) is 81.1 Å². The van der Waals surface area contributed by atoms with E-state index in [0.717, 1.165) is 73.3 Å². The van der Waals surface area contributed by atoms with Crippen LogP contribution in [0.1, 0.15) is 98.6 Å². The van der Waals surface area contributed by atoms with Crippen LogP contribution in [0.2, 0.25) is 0 Å². The molecular formula is C90H82Br2F16N24O8. The maximum Gasteiger partial charge on any atom is 0.416 e. The molecule has 4 aliphatic heterocycles. The lowest BCUT2D eigenvalue weighted by atomic mass is 10.1. The third kappa shape index (κ3) is 29.0. The first-order valence-electron chi connectivity index (χ1n) is 42.3. The zero-order valence-electron chi connectivity index (χ0n) is 73.5. The van der Waals surface area contributed by atoms with E-state index in [1.54, 1.807) is 39.5 Å². The Balaban J connectivity index is 0.000000157. The number of pyridine rings is 4. The lowest BCUT2D eigenvalue weighted by molar-refractivity contribution is -0.138. The van der Waals surface area contributed by atoms with Crippen molar-refractivity contribution in [3.63, 3.8) is 0 Å². The van der Waals surface area contributed by atoms with E-state index in [1.807, 2.05) is 0 Å². The van der Waals surface area contributed by atoms with Gasteiger partial charge in [-0.15, -0.1) is 0 Å². The van der Waals surface area contributed by atoms with E-state index in [0.29, 0.717) is 148 Å². The summed E-state index contributed by atoms with van der Waals surface area (Å²) in [5.74, 6) is -2.74. The summed E-state index contributed by atoms with van der Waals surface area (Å²) < 4.78 is 234.